The van der Waals surface area contributed by atoms with Gasteiger partial charge in [-0.2, -0.15) is 10.4 Å². The van der Waals surface area contributed by atoms with Gasteiger partial charge in [0.2, 0.25) is 5.91 Å². The molecule has 0 bridgehead atoms. The van der Waals surface area contributed by atoms with E-state index in [0.29, 0.717) is 16.9 Å². The molecule has 25 heavy (non-hydrogen) atoms. The summed E-state index contributed by atoms with van der Waals surface area (Å²) in [5, 5.41) is 17.9. The zero-order chi connectivity index (χ0) is 18.0. The second-order valence-electron chi connectivity index (χ2n) is 6.11. The Bertz CT molecular complexity index is 832. The molecule has 1 aliphatic rings. The Kier molecular flexibility index (Phi) is 4.52. The number of piperazine rings is 1. The van der Waals surface area contributed by atoms with E-state index in [1.165, 1.54) is 0 Å². The van der Waals surface area contributed by atoms with Crippen molar-refractivity contribution in [3.05, 3.63) is 46.6 Å². The summed E-state index contributed by atoms with van der Waals surface area (Å²) in [6.45, 7) is 6.88. The largest absolute Gasteiger partial charge is 0.368 e. The number of carbonyl (C=O) groups is 1. The summed E-state index contributed by atoms with van der Waals surface area (Å²) in [4.78, 5) is 15.5. The Morgan fingerprint density at radius 2 is 1.68 bits per heavy atom. The summed E-state index contributed by atoms with van der Waals surface area (Å²) in [6.07, 6.45) is 0. The zero-order valence-corrected chi connectivity index (χ0v) is 14.4. The van der Waals surface area contributed by atoms with Crippen molar-refractivity contribution in [3.63, 3.8) is 0 Å². The van der Waals surface area contributed by atoms with Gasteiger partial charge in [-0.3, -0.25) is 4.79 Å². The lowest BCUT2D eigenvalue weighted by atomic mass is 10.1. The molecular weight excluding hydrogens is 316 g/mol. The summed E-state index contributed by atoms with van der Waals surface area (Å²) in [5.41, 5.74) is 9.11. The van der Waals surface area contributed by atoms with Gasteiger partial charge in [0.1, 0.15) is 11.6 Å². The number of benzene rings is 1. The predicted molar refractivity (Wildman–Crippen MR) is 95.6 cm³/mol. The molecule has 2 aromatic rings. The number of aryl methyl sites for hydroxylation is 1. The SMILES string of the molecule is Cc1nnc(N2CCN(c3ccc(C(N)=O)cc3)CC2)c(C#N)c1C. The molecule has 1 aromatic heterocycles. The van der Waals surface area contributed by atoms with E-state index in [-0.39, 0.29) is 0 Å². The first-order valence-corrected chi connectivity index (χ1v) is 8.15. The molecule has 7 heteroatoms. The van der Waals surface area contributed by atoms with E-state index in [2.05, 4.69) is 26.1 Å². The first kappa shape index (κ1) is 16.7. The fourth-order valence-electron chi connectivity index (χ4n) is 2.96. The molecule has 0 spiro atoms. The summed E-state index contributed by atoms with van der Waals surface area (Å²) in [5.74, 6) is 0.239. The lowest BCUT2D eigenvalue weighted by Gasteiger charge is -2.37. The van der Waals surface area contributed by atoms with Gasteiger partial charge in [-0.25, -0.2) is 0 Å². The minimum Gasteiger partial charge on any atom is -0.368 e. The smallest absolute Gasteiger partial charge is 0.248 e. The Morgan fingerprint density at radius 3 is 2.24 bits per heavy atom. The highest BCUT2D eigenvalue weighted by Gasteiger charge is 2.22. The van der Waals surface area contributed by atoms with Crippen molar-refractivity contribution in [2.45, 2.75) is 13.8 Å². The number of hydrogen-bond donors (Lipinski definition) is 1. The van der Waals surface area contributed by atoms with Gasteiger partial charge < -0.3 is 15.5 Å². The summed E-state index contributed by atoms with van der Waals surface area (Å²) < 4.78 is 0. The molecule has 1 saturated heterocycles. The predicted octanol–water partition coefficient (Wildman–Crippen LogP) is 1.39. The minimum absolute atomic E-state index is 0.422. The molecule has 1 aromatic carbocycles. The van der Waals surface area contributed by atoms with Crippen molar-refractivity contribution in [2.24, 2.45) is 5.73 Å². The van der Waals surface area contributed by atoms with E-state index in [0.717, 1.165) is 43.1 Å². The van der Waals surface area contributed by atoms with Crippen LogP contribution in [0.2, 0.25) is 0 Å². The van der Waals surface area contributed by atoms with Crippen LogP contribution in [-0.4, -0.2) is 42.3 Å². The third-order valence-corrected chi connectivity index (χ3v) is 4.64. The van der Waals surface area contributed by atoms with Gasteiger partial charge in [0.15, 0.2) is 5.82 Å². The van der Waals surface area contributed by atoms with E-state index >= 15 is 0 Å². The second kappa shape index (κ2) is 6.77. The van der Waals surface area contributed by atoms with Crippen LogP contribution in [0.5, 0.6) is 0 Å². The third kappa shape index (κ3) is 3.24. The van der Waals surface area contributed by atoms with Crippen molar-refractivity contribution in [1.82, 2.24) is 10.2 Å². The van der Waals surface area contributed by atoms with Crippen molar-refractivity contribution < 1.29 is 4.79 Å². The number of anilines is 2. The molecule has 3 rings (SSSR count). The number of aromatic nitrogens is 2. The quantitative estimate of drug-likeness (QED) is 0.909. The van der Waals surface area contributed by atoms with Crippen LogP contribution >= 0.6 is 0 Å². The van der Waals surface area contributed by atoms with Gasteiger partial charge in [-0.05, 0) is 43.7 Å². The van der Waals surface area contributed by atoms with E-state index in [1.807, 2.05) is 26.0 Å². The van der Waals surface area contributed by atoms with Crippen molar-refractivity contribution >= 4 is 17.4 Å². The average Bonchev–Trinajstić information content (AvgIpc) is 2.64. The maximum absolute atomic E-state index is 11.2. The topological polar surface area (TPSA) is 99.1 Å². The Labute approximate surface area is 146 Å². The van der Waals surface area contributed by atoms with Crippen LogP contribution in [0.25, 0.3) is 0 Å². The summed E-state index contributed by atoms with van der Waals surface area (Å²) >= 11 is 0. The molecule has 1 amide bonds. The van der Waals surface area contributed by atoms with Crippen LogP contribution in [0.15, 0.2) is 24.3 Å². The van der Waals surface area contributed by atoms with Crippen molar-refractivity contribution in [2.75, 3.05) is 36.0 Å². The van der Waals surface area contributed by atoms with Gasteiger partial charge in [-0.1, -0.05) is 0 Å². The number of rotatable bonds is 3. The molecule has 1 fully saturated rings. The molecule has 7 nitrogen and oxygen atoms in total. The second-order valence-corrected chi connectivity index (χ2v) is 6.11. The normalized spacial score (nSPS) is 14.3. The van der Waals surface area contributed by atoms with Crippen LogP contribution in [0, 0.1) is 25.2 Å². The van der Waals surface area contributed by atoms with Gasteiger partial charge in [-0.15, -0.1) is 5.10 Å². The fourth-order valence-corrected chi connectivity index (χ4v) is 2.96. The van der Waals surface area contributed by atoms with Crippen molar-refractivity contribution in [3.8, 4) is 6.07 Å². The number of nitrogens with zero attached hydrogens (tertiary/aromatic N) is 5. The third-order valence-electron chi connectivity index (χ3n) is 4.64. The van der Waals surface area contributed by atoms with Crippen LogP contribution in [0.3, 0.4) is 0 Å². The lowest BCUT2D eigenvalue weighted by Crippen LogP contribution is -2.47. The number of hydrogen-bond acceptors (Lipinski definition) is 6. The first-order valence-electron chi connectivity index (χ1n) is 8.15. The van der Waals surface area contributed by atoms with E-state index in [1.54, 1.807) is 12.1 Å². The number of amides is 1. The lowest BCUT2D eigenvalue weighted by molar-refractivity contribution is 0.100. The highest BCUT2D eigenvalue weighted by atomic mass is 16.1. The Hall–Kier alpha value is -3.14. The standard InChI is InChI=1S/C18H20N6O/c1-12-13(2)21-22-18(16(12)11-19)24-9-7-23(8-10-24)15-5-3-14(4-6-15)17(20)25/h3-6H,7-10H2,1-2H3,(H2,20,25). The summed E-state index contributed by atoms with van der Waals surface area (Å²) in [7, 11) is 0. The van der Waals surface area contributed by atoms with E-state index < -0.39 is 5.91 Å². The monoisotopic (exact) mass is 336 g/mol. The number of nitrogens with two attached hydrogens (primary N) is 1. The molecule has 0 unspecified atom stereocenters. The Morgan fingerprint density at radius 1 is 1.08 bits per heavy atom. The molecule has 1 aliphatic heterocycles. The van der Waals surface area contributed by atoms with Gasteiger partial charge in [0.05, 0.1) is 5.69 Å². The van der Waals surface area contributed by atoms with E-state index in [9.17, 15) is 10.1 Å². The molecule has 128 valence electrons. The molecular formula is C18H20N6O. The fraction of sp³-hybridized carbons (Fsp3) is 0.333. The average molecular weight is 336 g/mol. The maximum Gasteiger partial charge on any atom is 0.248 e. The first-order chi connectivity index (χ1) is 12.0. The van der Waals surface area contributed by atoms with Crippen molar-refractivity contribution in [1.29, 1.82) is 5.26 Å². The van der Waals surface area contributed by atoms with Crippen LogP contribution in [0.1, 0.15) is 27.2 Å². The van der Waals surface area contributed by atoms with Crippen LogP contribution in [-0.2, 0) is 0 Å². The zero-order valence-electron chi connectivity index (χ0n) is 14.4. The molecule has 2 heterocycles. The minimum atomic E-state index is -0.422. The summed E-state index contributed by atoms with van der Waals surface area (Å²) in [6, 6.07) is 9.56. The highest BCUT2D eigenvalue weighted by Crippen LogP contribution is 2.24. The van der Waals surface area contributed by atoms with Gasteiger partial charge in [0.25, 0.3) is 0 Å². The molecule has 0 saturated carbocycles. The van der Waals surface area contributed by atoms with Crippen LogP contribution < -0.4 is 15.5 Å². The number of nitriles is 1. The highest BCUT2D eigenvalue weighted by molar-refractivity contribution is 5.93. The Balaban J connectivity index is 1.73. The molecule has 0 atom stereocenters. The maximum atomic E-state index is 11.2. The van der Waals surface area contributed by atoms with Gasteiger partial charge in [0, 0.05) is 37.4 Å². The number of primary amides is 1. The molecule has 0 aliphatic carbocycles. The molecule has 0 radical (unpaired) electrons. The molecule has 2 N–H and O–H groups in total. The van der Waals surface area contributed by atoms with Crippen LogP contribution in [0.4, 0.5) is 11.5 Å². The van der Waals surface area contributed by atoms with E-state index in [4.69, 9.17) is 5.73 Å². The number of carbonyl (C=O) groups excluding carboxylic acids is 1. The van der Waals surface area contributed by atoms with Gasteiger partial charge >= 0.3 is 0 Å².